The number of rotatable bonds is 5. The Hall–Kier alpha value is -0.250. The SMILES string of the molecule is CCNC(Cc1c(Cl)cccc1Cl)c1ccc(Cl)cc1Br. The lowest BCUT2D eigenvalue weighted by Crippen LogP contribution is -2.23. The zero-order chi connectivity index (χ0) is 15.4. The van der Waals surface area contributed by atoms with E-state index in [0.717, 1.165) is 22.1 Å². The van der Waals surface area contributed by atoms with Crippen molar-refractivity contribution in [1.29, 1.82) is 0 Å². The first-order valence-electron chi connectivity index (χ1n) is 6.64. The normalized spacial score (nSPS) is 12.4. The number of likely N-dealkylation sites (N-methyl/N-ethyl adjacent to an activating group) is 1. The molecule has 0 saturated heterocycles. The van der Waals surface area contributed by atoms with Crippen LogP contribution in [0.15, 0.2) is 40.9 Å². The minimum atomic E-state index is 0.110. The molecule has 0 bridgehead atoms. The van der Waals surface area contributed by atoms with E-state index in [1.807, 2.05) is 36.4 Å². The molecule has 0 aliphatic carbocycles. The van der Waals surface area contributed by atoms with E-state index in [1.54, 1.807) is 0 Å². The summed E-state index contributed by atoms with van der Waals surface area (Å²) in [5, 5.41) is 5.56. The molecule has 0 amide bonds. The van der Waals surface area contributed by atoms with Crippen LogP contribution in [0.4, 0.5) is 0 Å². The molecule has 0 aromatic heterocycles. The molecule has 1 nitrogen and oxygen atoms in total. The molecule has 0 saturated carbocycles. The van der Waals surface area contributed by atoms with Gasteiger partial charge in [-0.15, -0.1) is 0 Å². The van der Waals surface area contributed by atoms with E-state index in [1.165, 1.54) is 0 Å². The van der Waals surface area contributed by atoms with E-state index in [-0.39, 0.29) is 6.04 Å². The molecule has 1 unspecified atom stereocenters. The van der Waals surface area contributed by atoms with Gasteiger partial charge in [0.15, 0.2) is 0 Å². The third-order valence-corrected chi connectivity index (χ3v) is 4.89. The summed E-state index contributed by atoms with van der Waals surface area (Å²) in [5.74, 6) is 0. The van der Waals surface area contributed by atoms with Crippen molar-refractivity contribution in [2.45, 2.75) is 19.4 Å². The Labute approximate surface area is 148 Å². The van der Waals surface area contributed by atoms with Crippen molar-refractivity contribution >= 4 is 50.7 Å². The van der Waals surface area contributed by atoms with E-state index in [0.29, 0.717) is 21.5 Å². The lowest BCUT2D eigenvalue weighted by atomic mass is 9.98. The van der Waals surface area contributed by atoms with Crippen LogP contribution < -0.4 is 5.32 Å². The van der Waals surface area contributed by atoms with Gasteiger partial charge in [0.25, 0.3) is 0 Å². The van der Waals surface area contributed by atoms with Gasteiger partial charge in [-0.1, -0.05) is 69.8 Å². The Morgan fingerprint density at radius 3 is 2.33 bits per heavy atom. The Kier molecular flexibility index (Phi) is 6.39. The highest BCUT2D eigenvalue weighted by Gasteiger charge is 2.17. The van der Waals surface area contributed by atoms with Crippen molar-refractivity contribution in [3.8, 4) is 0 Å². The van der Waals surface area contributed by atoms with Crippen LogP contribution >= 0.6 is 50.7 Å². The van der Waals surface area contributed by atoms with Gasteiger partial charge < -0.3 is 5.32 Å². The van der Waals surface area contributed by atoms with Crippen LogP contribution in [0.3, 0.4) is 0 Å². The average molecular weight is 408 g/mol. The molecule has 112 valence electrons. The van der Waals surface area contributed by atoms with Crippen LogP contribution in [-0.4, -0.2) is 6.54 Å². The fourth-order valence-electron chi connectivity index (χ4n) is 2.25. The van der Waals surface area contributed by atoms with Crippen LogP contribution in [0.1, 0.15) is 24.1 Å². The second-order valence-electron chi connectivity index (χ2n) is 4.68. The average Bonchev–Trinajstić information content (AvgIpc) is 2.42. The predicted octanol–water partition coefficient (Wildman–Crippen LogP) is 6.30. The molecule has 0 aliphatic heterocycles. The van der Waals surface area contributed by atoms with Crippen molar-refractivity contribution in [3.05, 3.63) is 67.1 Å². The summed E-state index contributed by atoms with van der Waals surface area (Å²) in [7, 11) is 0. The first kappa shape index (κ1) is 17.1. The number of halogens is 4. The van der Waals surface area contributed by atoms with E-state index in [9.17, 15) is 0 Å². The standard InChI is InChI=1S/C16H15BrCl3N/c1-2-21-16(11-7-6-10(18)8-13(11)17)9-12-14(19)4-3-5-15(12)20/h3-8,16,21H,2,9H2,1H3. The van der Waals surface area contributed by atoms with Crippen LogP contribution in [0.2, 0.25) is 15.1 Å². The summed E-state index contributed by atoms with van der Waals surface area (Å²) in [6.45, 7) is 2.92. The number of hydrogen-bond acceptors (Lipinski definition) is 1. The van der Waals surface area contributed by atoms with E-state index < -0.39 is 0 Å². The number of nitrogens with one attached hydrogen (secondary N) is 1. The summed E-state index contributed by atoms with van der Waals surface area (Å²) < 4.78 is 0.976. The molecule has 0 radical (unpaired) electrons. The monoisotopic (exact) mass is 405 g/mol. The quantitative estimate of drug-likeness (QED) is 0.613. The minimum absolute atomic E-state index is 0.110. The van der Waals surface area contributed by atoms with Crippen molar-refractivity contribution in [3.63, 3.8) is 0 Å². The topological polar surface area (TPSA) is 12.0 Å². The van der Waals surface area contributed by atoms with Crippen LogP contribution in [0.25, 0.3) is 0 Å². The van der Waals surface area contributed by atoms with Gasteiger partial charge in [0.1, 0.15) is 0 Å². The molecular weight excluding hydrogens is 392 g/mol. The number of benzene rings is 2. The maximum atomic E-state index is 6.28. The van der Waals surface area contributed by atoms with E-state index >= 15 is 0 Å². The van der Waals surface area contributed by atoms with Gasteiger partial charge in [0, 0.05) is 25.6 Å². The Balaban J connectivity index is 2.35. The Bertz CT molecular complexity index is 611. The molecular formula is C16H15BrCl3N. The molecule has 21 heavy (non-hydrogen) atoms. The van der Waals surface area contributed by atoms with Gasteiger partial charge in [-0.05, 0) is 48.4 Å². The highest BCUT2D eigenvalue weighted by atomic mass is 79.9. The molecule has 1 N–H and O–H groups in total. The molecule has 1 atom stereocenters. The van der Waals surface area contributed by atoms with Crippen molar-refractivity contribution < 1.29 is 0 Å². The third kappa shape index (κ3) is 4.37. The molecule has 0 fully saturated rings. The predicted molar refractivity (Wildman–Crippen MR) is 95.7 cm³/mol. The molecule has 0 heterocycles. The fourth-order valence-corrected chi connectivity index (χ4v) is 3.76. The van der Waals surface area contributed by atoms with Gasteiger partial charge in [-0.25, -0.2) is 0 Å². The molecule has 5 heteroatoms. The highest BCUT2D eigenvalue weighted by Crippen LogP contribution is 2.33. The van der Waals surface area contributed by atoms with E-state index in [4.69, 9.17) is 34.8 Å². The Morgan fingerprint density at radius 1 is 1.10 bits per heavy atom. The second-order valence-corrected chi connectivity index (χ2v) is 6.79. The summed E-state index contributed by atoms with van der Waals surface area (Å²) in [6, 6.07) is 11.5. The first-order valence-corrected chi connectivity index (χ1v) is 8.56. The lowest BCUT2D eigenvalue weighted by Gasteiger charge is -2.21. The molecule has 0 spiro atoms. The first-order chi connectivity index (χ1) is 10.0. The highest BCUT2D eigenvalue weighted by molar-refractivity contribution is 9.10. The van der Waals surface area contributed by atoms with Crippen LogP contribution in [0.5, 0.6) is 0 Å². The summed E-state index contributed by atoms with van der Waals surface area (Å²) >= 11 is 22.2. The third-order valence-electron chi connectivity index (χ3n) is 3.26. The minimum Gasteiger partial charge on any atom is -0.310 e. The van der Waals surface area contributed by atoms with Gasteiger partial charge in [0.2, 0.25) is 0 Å². The van der Waals surface area contributed by atoms with Gasteiger partial charge in [0.05, 0.1) is 0 Å². The Morgan fingerprint density at radius 2 is 1.76 bits per heavy atom. The summed E-state index contributed by atoms with van der Waals surface area (Å²) in [4.78, 5) is 0. The van der Waals surface area contributed by atoms with Crippen molar-refractivity contribution in [2.75, 3.05) is 6.54 Å². The maximum absolute atomic E-state index is 6.28. The molecule has 2 aromatic carbocycles. The summed E-state index contributed by atoms with van der Waals surface area (Å²) in [6.07, 6.45) is 0.715. The largest absolute Gasteiger partial charge is 0.310 e. The molecule has 0 aliphatic rings. The maximum Gasteiger partial charge on any atom is 0.0453 e. The zero-order valence-electron chi connectivity index (χ0n) is 11.5. The lowest BCUT2D eigenvalue weighted by molar-refractivity contribution is 0.548. The van der Waals surface area contributed by atoms with Gasteiger partial charge in [-0.3, -0.25) is 0 Å². The van der Waals surface area contributed by atoms with Crippen molar-refractivity contribution in [1.82, 2.24) is 5.32 Å². The van der Waals surface area contributed by atoms with Gasteiger partial charge in [-0.2, -0.15) is 0 Å². The van der Waals surface area contributed by atoms with E-state index in [2.05, 4.69) is 28.2 Å². The molecule has 2 aromatic rings. The molecule has 2 rings (SSSR count). The van der Waals surface area contributed by atoms with Gasteiger partial charge >= 0.3 is 0 Å². The number of hydrogen-bond donors (Lipinski definition) is 1. The smallest absolute Gasteiger partial charge is 0.0453 e. The summed E-state index contributed by atoms with van der Waals surface area (Å²) in [5.41, 5.74) is 2.09. The van der Waals surface area contributed by atoms with Crippen LogP contribution in [0, 0.1) is 0 Å². The zero-order valence-corrected chi connectivity index (χ0v) is 15.3. The second kappa shape index (κ2) is 7.85. The van der Waals surface area contributed by atoms with Crippen LogP contribution in [-0.2, 0) is 6.42 Å². The fraction of sp³-hybridized carbons (Fsp3) is 0.250. The van der Waals surface area contributed by atoms with Crippen molar-refractivity contribution in [2.24, 2.45) is 0 Å².